The van der Waals surface area contributed by atoms with Gasteiger partial charge < -0.3 is 0 Å². The summed E-state index contributed by atoms with van der Waals surface area (Å²) >= 11 is 0. The summed E-state index contributed by atoms with van der Waals surface area (Å²) in [6.07, 6.45) is 6.85. The Morgan fingerprint density at radius 1 is 1.18 bits per heavy atom. The lowest BCUT2D eigenvalue weighted by Crippen LogP contribution is -2.35. The molecule has 98 valence electrons. The van der Waals surface area contributed by atoms with Crippen LogP contribution in [0, 0.1) is 22.7 Å². The summed E-state index contributed by atoms with van der Waals surface area (Å²) in [5.41, 5.74) is -0.980. The molecule has 1 aliphatic carbocycles. The van der Waals surface area contributed by atoms with Crippen LogP contribution in [0.2, 0.25) is 0 Å². The van der Waals surface area contributed by atoms with Gasteiger partial charge in [-0.2, -0.15) is 14.0 Å². The fourth-order valence-corrected chi connectivity index (χ4v) is 2.82. The minimum absolute atomic E-state index is 0.0389. The van der Waals surface area contributed by atoms with Crippen LogP contribution in [0.3, 0.4) is 0 Å². The van der Waals surface area contributed by atoms with Gasteiger partial charge in [0, 0.05) is 0 Å². The zero-order valence-electron chi connectivity index (χ0n) is 10.9. The molecule has 0 radical (unpaired) electrons. The fraction of sp³-hybridized carbons (Fsp3) is 0.929. The van der Waals surface area contributed by atoms with Crippen LogP contribution in [0.5, 0.6) is 0 Å². The van der Waals surface area contributed by atoms with Crippen LogP contribution in [0.15, 0.2) is 0 Å². The second kappa shape index (κ2) is 5.80. The highest BCUT2D eigenvalue weighted by atomic mass is 19.3. The highest BCUT2D eigenvalue weighted by Crippen LogP contribution is 2.63. The van der Waals surface area contributed by atoms with E-state index in [1.807, 2.05) is 0 Å². The second-order valence-electron chi connectivity index (χ2n) is 5.32. The molecule has 1 fully saturated rings. The van der Waals surface area contributed by atoms with E-state index in [2.05, 4.69) is 13.8 Å². The first kappa shape index (κ1) is 14.4. The van der Waals surface area contributed by atoms with Gasteiger partial charge in [0.25, 0.3) is 0 Å². The van der Waals surface area contributed by atoms with E-state index in [0.29, 0.717) is 12.8 Å². The maximum Gasteiger partial charge on any atom is 0.337 e. The van der Waals surface area contributed by atoms with E-state index in [-0.39, 0.29) is 5.92 Å². The monoisotopic (exact) mass is 243 g/mol. The molecule has 0 heterocycles. The number of hydrogen-bond acceptors (Lipinski definition) is 1. The molecule has 0 aromatic heterocycles. The summed E-state index contributed by atoms with van der Waals surface area (Å²) in [6.45, 7) is 4.16. The molecule has 1 aliphatic rings. The van der Waals surface area contributed by atoms with E-state index < -0.39 is 11.3 Å². The van der Waals surface area contributed by atoms with Gasteiger partial charge in [-0.25, -0.2) is 0 Å². The Morgan fingerprint density at radius 2 is 1.65 bits per heavy atom. The van der Waals surface area contributed by atoms with Crippen molar-refractivity contribution in [1.29, 1.82) is 5.26 Å². The molecule has 0 N–H and O–H groups in total. The first-order valence-corrected chi connectivity index (χ1v) is 6.83. The molecule has 3 heteroatoms. The molecule has 0 aromatic carbocycles. The lowest BCUT2D eigenvalue weighted by atomic mass is 9.77. The van der Waals surface area contributed by atoms with Crippen LogP contribution < -0.4 is 0 Å². The average molecular weight is 243 g/mol. The van der Waals surface area contributed by atoms with Crippen LogP contribution in [0.1, 0.15) is 65.2 Å². The van der Waals surface area contributed by atoms with Crippen LogP contribution in [0.25, 0.3) is 0 Å². The topological polar surface area (TPSA) is 23.8 Å². The van der Waals surface area contributed by atoms with E-state index >= 15 is 0 Å². The minimum Gasteiger partial charge on any atom is -0.192 e. The van der Waals surface area contributed by atoms with Gasteiger partial charge in [-0.05, 0) is 31.6 Å². The number of unbranched alkanes of at least 4 members (excludes halogenated alkanes) is 2. The largest absolute Gasteiger partial charge is 0.337 e. The normalized spacial score (nSPS) is 18.1. The Labute approximate surface area is 103 Å². The third kappa shape index (κ3) is 2.97. The molecule has 0 spiro atoms. The lowest BCUT2D eigenvalue weighted by Gasteiger charge is -2.30. The maximum atomic E-state index is 13.7. The average Bonchev–Trinajstić information content (AvgIpc) is 3.11. The number of hydrogen-bond donors (Lipinski definition) is 0. The van der Waals surface area contributed by atoms with Crippen molar-refractivity contribution in [3.8, 4) is 6.07 Å². The summed E-state index contributed by atoms with van der Waals surface area (Å²) in [7, 11) is 0. The predicted molar refractivity (Wildman–Crippen MR) is 64.8 cm³/mol. The summed E-state index contributed by atoms with van der Waals surface area (Å²) < 4.78 is 27.5. The van der Waals surface area contributed by atoms with Crippen LogP contribution in [0.4, 0.5) is 8.78 Å². The quantitative estimate of drug-likeness (QED) is 0.593. The highest BCUT2D eigenvalue weighted by molar-refractivity contribution is 5.15. The summed E-state index contributed by atoms with van der Waals surface area (Å²) in [4.78, 5) is 0. The zero-order valence-corrected chi connectivity index (χ0v) is 10.9. The highest BCUT2D eigenvalue weighted by Gasteiger charge is 2.65. The van der Waals surface area contributed by atoms with Crippen molar-refractivity contribution in [2.45, 2.75) is 71.1 Å². The molecule has 1 nitrogen and oxygen atoms in total. The third-order valence-corrected chi connectivity index (χ3v) is 4.15. The Morgan fingerprint density at radius 3 is 1.94 bits per heavy atom. The standard InChI is InChI=1S/C14H23F2N/c1-3-5-7-12(8-6-4-2)13(9-10-13)14(15,16)11-17/h12H,3-10H2,1-2H3. The molecular formula is C14H23F2N. The number of halogens is 2. The second-order valence-corrected chi connectivity index (χ2v) is 5.32. The number of alkyl halides is 2. The first-order valence-electron chi connectivity index (χ1n) is 6.83. The molecule has 0 amide bonds. The van der Waals surface area contributed by atoms with Gasteiger partial charge >= 0.3 is 5.92 Å². The van der Waals surface area contributed by atoms with Gasteiger partial charge in [-0.15, -0.1) is 0 Å². The van der Waals surface area contributed by atoms with E-state index in [4.69, 9.17) is 5.26 Å². The van der Waals surface area contributed by atoms with Gasteiger partial charge in [0.15, 0.2) is 0 Å². The van der Waals surface area contributed by atoms with Gasteiger partial charge in [-0.1, -0.05) is 39.5 Å². The predicted octanol–water partition coefficient (Wildman–Crippen LogP) is 4.92. The molecule has 1 rings (SSSR count). The smallest absolute Gasteiger partial charge is 0.192 e. The van der Waals surface area contributed by atoms with E-state index in [9.17, 15) is 8.78 Å². The lowest BCUT2D eigenvalue weighted by molar-refractivity contribution is -0.0501. The maximum absolute atomic E-state index is 13.7. The summed E-state index contributed by atoms with van der Waals surface area (Å²) in [6, 6.07) is 1.24. The van der Waals surface area contributed by atoms with Gasteiger partial charge in [0.1, 0.15) is 6.07 Å². The number of nitriles is 1. The Hall–Kier alpha value is -0.650. The van der Waals surface area contributed by atoms with Crippen molar-refractivity contribution < 1.29 is 8.78 Å². The molecule has 0 atom stereocenters. The number of nitrogens with zero attached hydrogens (tertiary/aromatic N) is 1. The molecule has 17 heavy (non-hydrogen) atoms. The Bertz CT molecular complexity index is 268. The SMILES string of the molecule is CCCCC(CCCC)C1(C(F)(F)C#N)CC1. The Kier molecular flexibility index (Phi) is 4.91. The van der Waals surface area contributed by atoms with Crippen molar-refractivity contribution in [3.05, 3.63) is 0 Å². The minimum atomic E-state index is -3.13. The van der Waals surface area contributed by atoms with Crippen LogP contribution in [-0.4, -0.2) is 5.92 Å². The molecule has 0 unspecified atom stereocenters. The molecule has 1 saturated carbocycles. The molecule has 0 bridgehead atoms. The van der Waals surface area contributed by atoms with E-state index in [0.717, 1.165) is 38.5 Å². The van der Waals surface area contributed by atoms with E-state index in [1.54, 1.807) is 0 Å². The zero-order chi connectivity index (χ0) is 12.9. The summed E-state index contributed by atoms with van der Waals surface area (Å²) in [5.74, 6) is -3.09. The van der Waals surface area contributed by atoms with E-state index in [1.165, 1.54) is 6.07 Å². The first-order chi connectivity index (χ1) is 8.04. The molecule has 0 saturated heterocycles. The molecular weight excluding hydrogens is 220 g/mol. The fourth-order valence-electron chi connectivity index (χ4n) is 2.82. The molecule has 0 aliphatic heterocycles. The van der Waals surface area contributed by atoms with Crippen molar-refractivity contribution in [2.75, 3.05) is 0 Å². The van der Waals surface area contributed by atoms with Crippen molar-refractivity contribution >= 4 is 0 Å². The van der Waals surface area contributed by atoms with Crippen LogP contribution >= 0.6 is 0 Å². The van der Waals surface area contributed by atoms with Crippen molar-refractivity contribution in [1.82, 2.24) is 0 Å². The van der Waals surface area contributed by atoms with Gasteiger partial charge in [0.05, 0.1) is 5.41 Å². The third-order valence-electron chi connectivity index (χ3n) is 4.15. The Balaban J connectivity index is 2.72. The van der Waals surface area contributed by atoms with Gasteiger partial charge in [0.2, 0.25) is 0 Å². The van der Waals surface area contributed by atoms with Gasteiger partial charge in [-0.3, -0.25) is 0 Å². The van der Waals surface area contributed by atoms with Crippen LogP contribution in [-0.2, 0) is 0 Å². The summed E-state index contributed by atoms with van der Waals surface area (Å²) in [5, 5.41) is 8.67. The number of rotatable bonds is 8. The van der Waals surface area contributed by atoms with Crippen molar-refractivity contribution in [2.24, 2.45) is 11.3 Å². The van der Waals surface area contributed by atoms with Crippen molar-refractivity contribution in [3.63, 3.8) is 0 Å². The molecule has 0 aromatic rings.